The summed E-state index contributed by atoms with van der Waals surface area (Å²) in [5.41, 5.74) is 2.37. The molecule has 0 aliphatic heterocycles. The molecule has 0 saturated carbocycles. The fourth-order valence-corrected chi connectivity index (χ4v) is 2.41. The Hall–Kier alpha value is -1.12. The molecule has 1 heterocycles. The Kier molecular flexibility index (Phi) is 2.89. The van der Waals surface area contributed by atoms with Crippen LogP contribution in [-0.4, -0.2) is 13.1 Å². The highest BCUT2D eigenvalue weighted by atomic mass is 32.1. The number of hydrogen-bond acceptors (Lipinski definition) is 2. The SMILES string of the molecule is C=C(c1ccc2ccsc2c1)C(C)NC. The number of likely N-dealkylation sites (N-methyl/N-ethyl adjacent to an activating group) is 1. The summed E-state index contributed by atoms with van der Waals surface area (Å²) in [7, 11) is 1.96. The zero-order valence-corrected chi connectivity index (χ0v) is 9.90. The molecule has 2 heteroatoms. The van der Waals surface area contributed by atoms with Gasteiger partial charge in [0.15, 0.2) is 0 Å². The van der Waals surface area contributed by atoms with Gasteiger partial charge in [0.25, 0.3) is 0 Å². The van der Waals surface area contributed by atoms with Crippen LogP contribution in [0.1, 0.15) is 12.5 Å². The second-order valence-corrected chi connectivity index (χ2v) is 4.66. The molecule has 0 fully saturated rings. The van der Waals surface area contributed by atoms with Crippen LogP contribution in [0.2, 0.25) is 0 Å². The van der Waals surface area contributed by atoms with Gasteiger partial charge >= 0.3 is 0 Å². The topological polar surface area (TPSA) is 12.0 Å². The molecular weight excluding hydrogens is 202 g/mol. The second-order valence-electron chi connectivity index (χ2n) is 3.71. The molecule has 1 atom stereocenters. The predicted octanol–water partition coefficient (Wildman–Crippen LogP) is 3.52. The molecule has 0 spiro atoms. The Balaban J connectivity index is 2.39. The van der Waals surface area contributed by atoms with Crippen molar-refractivity contribution in [2.75, 3.05) is 7.05 Å². The third-order valence-electron chi connectivity index (χ3n) is 2.78. The molecule has 1 N–H and O–H groups in total. The molecule has 0 bridgehead atoms. The maximum atomic E-state index is 4.13. The molecule has 2 aromatic rings. The minimum absolute atomic E-state index is 0.322. The minimum Gasteiger partial charge on any atom is -0.313 e. The van der Waals surface area contributed by atoms with Gasteiger partial charge in [-0.05, 0) is 48.0 Å². The summed E-state index contributed by atoms with van der Waals surface area (Å²) in [6.45, 7) is 6.25. The van der Waals surface area contributed by atoms with E-state index < -0.39 is 0 Å². The number of benzene rings is 1. The summed E-state index contributed by atoms with van der Waals surface area (Å²) >= 11 is 1.78. The van der Waals surface area contributed by atoms with Gasteiger partial charge in [-0.3, -0.25) is 0 Å². The molecule has 1 nitrogen and oxygen atoms in total. The van der Waals surface area contributed by atoms with Gasteiger partial charge in [-0.1, -0.05) is 18.7 Å². The first-order valence-electron chi connectivity index (χ1n) is 5.06. The smallest absolute Gasteiger partial charge is 0.0348 e. The fraction of sp³-hybridized carbons (Fsp3) is 0.231. The van der Waals surface area contributed by atoms with Crippen LogP contribution in [0.25, 0.3) is 15.7 Å². The molecule has 15 heavy (non-hydrogen) atoms. The summed E-state index contributed by atoms with van der Waals surface area (Å²) < 4.78 is 1.33. The van der Waals surface area contributed by atoms with Crippen LogP contribution in [0, 0.1) is 0 Å². The summed E-state index contributed by atoms with van der Waals surface area (Å²) in [6.07, 6.45) is 0. The van der Waals surface area contributed by atoms with E-state index in [1.54, 1.807) is 11.3 Å². The minimum atomic E-state index is 0.322. The van der Waals surface area contributed by atoms with Gasteiger partial charge in [0.1, 0.15) is 0 Å². The molecule has 78 valence electrons. The van der Waals surface area contributed by atoms with Gasteiger partial charge in [-0.15, -0.1) is 11.3 Å². The van der Waals surface area contributed by atoms with Crippen molar-refractivity contribution in [2.45, 2.75) is 13.0 Å². The Labute approximate surface area is 94.4 Å². The lowest BCUT2D eigenvalue weighted by molar-refractivity contribution is 0.746. The van der Waals surface area contributed by atoms with Crippen molar-refractivity contribution in [1.29, 1.82) is 0 Å². The van der Waals surface area contributed by atoms with Gasteiger partial charge in [0, 0.05) is 10.7 Å². The highest BCUT2D eigenvalue weighted by Crippen LogP contribution is 2.25. The molecule has 1 unspecified atom stereocenters. The quantitative estimate of drug-likeness (QED) is 0.829. The van der Waals surface area contributed by atoms with Gasteiger partial charge in [0.05, 0.1) is 0 Å². The largest absolute Gasteiger partial charge is 0.313 e. The van der Waals surface area contributed by atoms with Gasteiger partial charge in [-0.25, -0.2) is 0 Å². The molecule has 0 aliphatic rings. The van der Waals surface area contributed by atoms with Crippen molar-refractivity contribution in [2.24, 2.45) is 0 Å². The average Bonchev–Trinajstić information content (AvgIpc) is 2.73. The van der Waals surface area contributed by atoms with E-state index in [1.165, 1.54) is 15.6 Å². The molecular formula is C13H15NS. The predicted molar refractivity (Wildman–Crippen MR) is 69.4 cm³/mol. The van der Waals surface area contributed by atoms with E-state index in [2.05, 4.69) is 48.5 Å². The van der Waals surface area contributed by atoms with E-state index in [9.17, 15) is 0 Å². The van der Waals surface area contributed by atoms with Crippen molar-refractivity contribution < 1.29 is 0 Å². The number of thiophene rings is 1. The summed E-state index contributed by atoms with van der Waals surface area (Å²) in [5, 5.41) is 6.65. The van der Waals surface area contributed by atoms with E-state index in [0.29, 0.717) is 6.04 Å². The zero-order chi connectivity index (χ0) is 10.8. The lowest BCUT2D eigenvalue weighted by Gasteiger charge is -2.13. The molecule has 0 aliphatic carbocycles. The summed E-state index contributed by atoms with van der Waals surface area (Å²) in [5.74, 6) is 0. The Morgan fingerprint density at radius 1 is 1.40 bits per heavy atom. The number of nitrogens with one attached hydrogen (secondary N) is 1. The summed E-state index contributed by atoms with van der Waals surface area (Å²) in [4.78, 5) is 0. The third kappa shape index (κ3) is 1.96. The average molecular weight is 217 g/mol. The van der Waals surface area contributed by atoms with Gasteiger partial charge in [0.2, 0.25) is 0 Å². The molecule has 0 amide bonds. The fourth-order valence-electron chi connectivity index (χ4n) is 1.58. The standard InChI is InChI=1S/C13H15NS/c1-9(10(2)14-3)12-5-4-11-6-7-15-13(11)8-12/h4-8,10,14H,1H2,2-3H3. The van der Waals surface area contributed by atoms with E-state index >= 15 is 0 Å². The van der Waals surface area contributed by atoms with Crippen LogP contribution in [-0.2, 0) is 0 Å². The van der Waals surface area contributed by atoms with Crippen LogP contribution in [0.3, 0.4) is 0 Å². The van der Waals surface area contributed by atoms with Gasteiger partial charge < -0.3 is 5.32 Å². The maximum Gasteiger partial charge on any atom is 0.0348 e. The lowest BCUT2D eigenvalue weighted by Crippen LogP contribution is -2.22. The van der Waals surface area contributed by atoms with Crippen molar-refractivity contribution in [3.05, 3.63) is 41.8 Å². The zero-order valence-electron chi connectivity index (χ0n) is 9.08. The highest BCUT2D eigenvalue weighted by molar-refractivity contribution is 7.17. The van der Waals surface area contributed by atoms with Crippen LogP contribution >= 0.6 is 11.3 Å². The molecule has 1 aromatic heterocycles. The first-order chi connectivity index (χ1) is 7.22. The Morgan fingerprint density at radius 2 is 2.20 bits per heavy atom. The van der Waals surface area contributed by atoms with Gasteiger partial charge in [-0.2, -0.15) is 0 Å². The third-order valence-corrected chi connectivity index (χ3v) is 3.66. The highest BCUT2D eigenvalue weighted by Gasteiger charge is 2.07. The second kappa shape index (κ2) is 4.17. The van der Waals surface area contributed by atoms with Crippen LogP contribution < -0.4 is 5.32 Å². The lowest BCUT2D eigenvalue weighted by atomic mass is 10.0. The first kappa shape index (κ1) is 10.4. The maximum absolute atomic E-state index is 4.13. The summed E-state index contributed by atoms with van der Waals surface area (Å²) in [6, 6.07) is 8.99. The van der Waals surface area contributed by atoms with Crippen LogP contribution in [0.4, 0.5) is 0 Å². The van der Waals surface area contributed by atoms with E-state index in [0.717, 1.165) is 5.57 Å². The number of rotatable bonds is 3. The first-order valence-corrected chi connectivity index (χ1v) is 5.94. The van der Waals surface area contributed by atoms with Crippen molar-refractivity contribution in [1.82, 2.24) is 5.32 Å². The van der Waals surface area contributed by atoms with Crippen LogP contribution in [0.15, 0.2) is 36.2 Å². The van der Waals surface area contributed by atoms with E-state index in [1.807, 2.05) is 7.05 Å². The molecule has 1 aromatic carbocycles. The van der Waals surface area contributed by atoms with Crippen molar-refractivity contribution >= 4 is 27.0 Å². The van der Waals surface area contributed by atoms with E-state index in [4.69, 9.17) is 0 Å². The molecule has 2 rings (SSSR count). The van der Waals surface area contributed by atoms with Crippen molar-refractivity contribution in [3.8, 4) is 0 Å². The Morgan fingerprint density at radius 3 is 2.93 bits per heavy atom. The number of fused-ring (bicyclic) bond motifs is 1. The van der Waals surface area contributed by atoms with E-state index in [-0.39, 0.29) is 0 Å². The normalized spacial score (nSPS) is 12.9. The Bertz CT molecular complexity index is 484. The monoisotopic (exact) mass is 217 g/mol. The molecule has 0 radical (unpaired) electrons. The van der Waals surface area contributed by atoms with Crippen molar-refractivity contribution in [3.63, 3.8) is 0 Å². The van der Waals surface area contributed by atoms with Crippen LogP contribution in [0.5, 0.6) is 0 Å². The number of hydrogen-bond donors (Lipinski definition) is 1. The molecule has 0 saturated heterocycles.